The molecule has 2 amide bonds. The van der Waals surface area contributed by atoms with E-state index in [0.29, 0.717) is 16.9 Å². The number of anilines is 2. The van der Waals surface area contributed by atoms with Gasteiger partial charge in [-0.3, -0.25) is 14.6 Å². The first kappa shape index (κ1) is 19.8. The number of ether oxygens (including phenoxy) is 1. The first-order valence-corrected chi connectivity index (χ1v) is 8.80. The SMILES string of the molecule is COC(=O)c1ccc(NC(=O)c2ccnc(C(=O)Nc3ccccc3C)c2)cc1. The Labute approximate surface area is 167 Å². The summed E-state index contributed by atoms with van der Waals surface area (Å²) in [7, 11) is 1.30. The molecule has 1 heterocycles. The number of rotatable bonds is 5. The minimum absolute atomic E-state index is 0.127. The molecule has 0 radical (unpaired) electrons. The minimum atomic E-state index is -0.457. The number of benzene rings is 2. The number of nitrogens with one attached hydrogen (secondary N) is 2. The quantitative estimate of drug-likeness (QED) is 0.649. The maximum Gasteiger partial charge on any atom is 0.337 e. The third-order valence-electron chi connectivity index (χ3n) is 4.21. The smallest absolute Gasteiger partial charge is 0.337 e. The van der Waals surface area contributed by atoms with Gasteiger partial charge in [0.25, 0.3) is 11.8 Å². The van der Waals surface area contributed by atoms with Crippen molar-refractivity contribution in [3.63, 3.8) is 0 Å². The molecule has 0 aliphatic carbocycles. The zero-order valence-electron chi connectivity index (χ0n) is 15.9. The average molecular weight is 389 g/mol. The van der Waals surface area contributed by atoms with Gasteiger partial charge >= 0.3 is 5.97 Å². The molecule has 2 N–H and O–H groups in total. The van der Waals surface area contributed by atoms with Crippen molar-refractivity contribution in [3.8, 4) is 0 Å². The van der Waals surface area contributed by atoms with Crippen LogP contribution < -0.4 is 10.6 Å². The molecule has 0 unspecified atom stereocenters. The number of pyridine rings is 1. The third kappa shape index (κ3) is 4.84. The Kier molecular flexibility index (Phi) is 5.99. The summed E-state index contributed by atoms with van der Waals surface area (Å²) >= 11 is 0. The van der Waals surface area contributed by atoms with Crippen LogP contribution in [0.2, 0.25) is 0 Å². The zero-order chi connectivity index (χ0) is 20.8. The molecule has 146 valence electrons. The van der Waals surface area contributed by atoms with Gasteiger partial charge in [-0.2, -0.15) is 0 Å². The van der Waals surface area contributed by atoms with Crippen LogP contribution in [-0.2, 0) is 4.74 Å². The molecule has 0 saturated heterocycles. The van der Waals surface area contributed by atoms with Crippen molar-refractivity contribution >= 4 is 29.2 Å². The summed E-state index contributed by atoms with van der Waals surface area (Å²) in [6.07, 6.45) is 1.40. The Morgan fingerprint density at radius 1 is 0.862 bits per heavy atom. The van der Waals surface area contributed by atoms with Gasteiger partial charge in [-0.15, -0.1) is 0 Å². The summed E-state index contributed by atoms with van der Waals surface area (Å²) < 4.78 is 4.64. The summed E-state index contributed by atoms with van der Waals surface area (Å²) in [5.74, 6) is -1.26. The number of carbonyl (C=O) groups excluding carboxylic acids is 3. The topological polar surface area (TPSA) is 97.4 Å². The van der Waals surface area contributed by atoms with Gasteiger partial charge in [0.2, 0.25) is 0 Å². The van der Waals surface area contributed by atoms with E-state index in [1.165, 1.54) is 25.4 Å². The van der Waals surface area contributed by atoms with E-state index >= 15 is 0 Å². The Balaban J connectivity index is 1.71. The van der Waals surface area contributed by atoms with Gasteiger partial charge < -0.3 is 15.4 Å². The number of nitrogens with zero attached hydrogens (tertiary/aromatic N) is 1. The maximum absolute atomic E-state index is 12.5. The summed E-state index contributed by atoms with van der Waals surface area (Å²) in [5, 5.41) is 5.50. The highest BCUT2D eigenvalue weighted by Crippen LogP contribution is 2.15. The summed E-state index contributed by atoms with van der Waals surface area (Å²) in [6, 6.07) is 16.6. The number of hydrogen-bond acceptors (Lipinski definition) is 5. The van der Waals surface area contributed by atoms with Crippen LogP contribution in [0.15, 0.2) is 66.9 Å². The lowest BCUT2D eigenvalue weighted by Crippen LogP contribution is -2.17. The number of amides is 2. The molecule has 1 aromatic heterocycles. The molecule has 0 aliphatic heterocycles. The fraction of sp³-hybridized carbons (Fsp3) is 0.0909. The molecule has 0 fully saturated rings. The molecule has 0 atom stereocenters. The fourth-order valence-electron chi connectivity index (χ4n) is 2.61. The van der Waals surface area contributed by atoms with Crippen LogP contribution in [0.3, 0.4) is 0 Å². The van der Waals surface area contributed by atoms with Crippen LogP contribution in [0.1, 0.15) is 36.8 Å². The number of hydrogen-bond donors (Lipinski definition) is 2. The van der Waals surface area contributed by atoms with Crippen molar-refractivity contribution in [1.82, 2.24) is 4.98 Å². The molecule has 0 bridgehead atoms. The molecule has 0 spiro atoms. The number of aryl methyl sites for hydroxylation is 1. The van der Waals surface area contributed by atoms with Crippen molar-refractivity contribution in [2.45, 2.75) is 6.92 Å². The van der Waals surface area contributed by atoms with Crippen LogP contribution >= 0.6 is 0 Å². The third-order valence-corrected chi connectivity index (χ3v) is 4.21. The largest absolute Gasteiger partial charge is 0.465 e. The lowest BCUT2D eigenvalue weighted by Gasteiger charge is -2.09. The van der Waals surface area contributed by atoms with Gasteiger partial charge in [0.15, 0.2) is 0 Å². The maximum atomic E-state index is 12.5. The van der Waals surface area contributed by atoms with E-state index in [9.17, 15) is 14.4 Å². The second kappa shape index (κ2) is 8.79. The number of carbonyl (C=O) groups is 3. The first-order chi connectivity index (χ1) is 14.0. The van der Waals surface area contributed by atoms with Crippen molar-refractivity contribution < 1.29 is 19.1 Å². The fourth-order valence-corrected chi connectivity index (χ4v) is 2.61. The second-order valence-corrected chi connectivity index (χ2v) is 6.22. The average Bonchev–Trinajstić information content (AvgIpc) is 2.75. The van der Waals surface area contributed by atoms with Gasteiger partial charge in [0, 0.05) is 23.1 Å². The van der Waals surface area contributed by atoms with E-state index in [4.69, 9.17) is 0 Å². The highest BCUT2D eigenvalue weighted by molar-refractivity contribution is 6.08. The molecule has 0 saturated carbocycles. The van der Waals surface area contributed by atoms with E-state index in [0.717, 1.165) is 5.56 Å². The molecule has 2 aromatic carbocycles. The van der Waals surface area contributed by atoms with E-state index in [2.05, 4.69) is 20.4 Å². The standard InChI is InChI=1S/C22H19N3O4/c1-14-5-3-4-6-18(14)25-21(27)19-13-16(11-12-23-19)20(26)24-17-9-7-15(8-10-17)22(28)29-2/h3-13H,1-2H3,(H,24,26)(H,25,27). The highest BCUT2D eigenvalue weighted by Gasteiger charge is 2.13. The van der Waals surface area contributed by atoms with Gasteiger partial charge in [0.05, 0.1) is 12.7 Å². The zero-order valence-corrected chi connectivity index (χ0v) is 15.9. The molecule has 7 heteroatoms. The monoisotopic (exact) mass is 389 g/mol. The van der Waals surface area contributed by atoms with Gasteiger partial charge in [-0.05, 0) is 55.0 Å². The van der Waals surface area contributed by atoms with Crippen LogP contribution in [0.25, 0.3) is 0 Å². The summed E-state index contributed by atoms with van der Waals surface area (Å²) in [6.45, 7) is 1.89. The minimum Gasteiger partial charge on any atom is -0.465 e. The molecule has 0 aliphatic rings. The van der Waals surface area contributed by atoms with Crippen LogP contribution in [0, 0.1) is 6.92 Å². The summed E-state index contributed by atoms with van der Waals surface area (Å²) in [5.41, 5.74) is 2.90. The molecular weight excluding hydrogens is 370 g/mol. The van der Waals surface area contributed by atoms with Crippen LogP contribution in [-0.4, -0.2) is 29.9 Å². The van der Waals surface area contributed by atoms with E-state index in [-0.39, 0.29) is 11.3 Å². The Morgan fingerprint density at radius 2 is 1.59 bits per heavy atom. The lowest BCUT2D eigenvalue weighted by atomic mass is 10.1. The summed E-state index contributed by atoms with van der Waals surface area (Å²) in [4.78, 5) is 40.5. The van der Waals surface area contributed by atoms with Gasteiger partial charge in [-0.25, -0.2) is 4.79 Å². The number of aromatic nitrogens is 1. The molecule has 7 nitrogen and oxygen atoms in total. The van der Waals surface area contributed by atoms with Crippen LogP contribution in [0.4, 0.5) is 11.4 Å². The normalized spacial score (nSPS) is 10.1. The van der Waals surface area contributed by atoms with Crippen molar-refractivity contribution in [1.29, 1.82) is 0 Å². The van der Waals surface area contributed by atoms with Crippen molar-refractivity contribution in [2.75, 3.05) is 17.7 Å². The highest BCUT2D eigenvalue weighted by atomic mass is 16.5. The van der Waals surface area contributed by atoms with E-state index in [1.54, 1.807) is 30.3 Å². The molecule has 3 rings (SSSR count). The second-order valence-electron chi connectivity index (χ2n) is 6.22. The Morgan fingerprint density at radius 3 is 2.28 bits per heavy atom. The van der Waals surface area contributed by atoms with E-state index < -0.39 is 17.8 Å². The van der Waals surface area contributed by atoms with Crippen molar-refractivity contribution in [2.24, 2.45) is 0 Å². The molecule has 29 heavy (non-hydrogen) atoms. The Hall–Kier alpha value is -4.00. The Bertz CT molecular complexity index is 1060. The predicted molar refractivity (Wildman–Crippen MR) is 109 cm³/mol. The van der Waals surface area contributed by atoms with Crippen LogP contribution in [0.5, 0.6) is 0 Å². The molecular formula is C22H19N3O4. The lowest BCUT2D eigenvalue weighted by molar-refractivity contribution is 0.0600. The number of para-hydroxylation sites is 1. The first-order valence-electron chi connectivity index (χ1n) is 8.80. The predicted octanol–water partition coefficient (Wildman–Crippen LogP) is 3.68. The van der Waals surface area contributed by atoms with E-state index in [1.807, 2.05) is 25.1 Å². The van der Waals surface area contributed by atoms with Crippen molar-refractivity contribution in [3.05, 3.63) is 89.2 Å². The van der Waals surface area contributed by atoms with Gasteiger partial charge in [0.1, 0.15) is 5.69 Å². The number of esters is 1. The number of methoxy groups -OCH3 is 1. The van der Waals surface area contributed by atoms with Gasteiger partial charge in [-0.1, -0.05) is 18.2 Å². The molecule has 3 aromatic rings.